The van der Waals surface area contributed by atoms with Crippen molar-refractivity contribution in [3.8, 4) is 0 Å². The summed E-state index contributed by atoms with van der Waals surface area (Å²) in [7, 11) is -4.72. The lowest BCUT2D eigenvalue weighted by Crippen LogP contribution is -2.34. The van der Waals surface area contributed by atoms with E-state index in [0.29, 0.717) is 12.8 Å². The van der Waals surface area contributed by atoms with Gasteiger partial charge in [-0.1, -0.05) is 199 Å². The van der Waals surface area contributed by atoms with Crippen molar-refractivity contribution in [2.75, 3.05) is 19.8 Å². The van der Waals surface area contributed by atoms with Gasteiger partial charge in [0, 0.05) is 12.8 Å². The normalized spacial score (nSPS) is 13.7. The van der Waals surface area contributed by atoms with Gasteiger partial charge in [0.2, 0.25) is 0 Å². The maximum Gasteiger partial charge on any atom is 0.472 e. The molecule has 0 aliphatic rings. The number of carbonyl (C=O) groups excluding carboxylic acids is 2. The molecule has 0 rings (SSSR count). The van der Waals surface area contributed by atoms with Gasteiger partial charge in [0.1, 0.15) is 12.6 Å². The van der Waals surface area contributed by atoms with Crippen molar-refractivity contribution < 1.29 is 47.5 Å². The number of phosphoric acid groups is 1. The van der Waals surface area contributed by atoms with Crippen LogP contribution in [0.1, 0.15) is 239 Å². The maximum atomic E-state index is 12.7. The molecule has 0 amide bonds. The van der Waals surface area contributed by atoms with Crippen LogP contribution in [0.5, 0.6) is 0 Å². The number of esters is 2. The van der Waals surface area contributed by atoms with E-state index in [9.17, 15) is 23.8 Å². The first kappa shape index (κ1) is 57.2. The van der Waals surface area contributed by atoms with Gasteiger partial charge in [-0.2, -0.15) is 0 Å². The monoisotopic (exact) mass is 860 g/mol. The van der Waals surface area contributed by atoms with Gasteiger partial charge >= 0.3 is 25.7 Å². The molecular weight excluding hydrogens is 769 g/mol. The SMILES string of the molecule is CCCCCCCCC/C=C\CCCCCCCC(=O)OC[C@H](COP(=O)(O)OC[C@H](N)C(=O)O)OC(=O)CCCCCCCCCCCCCCCCCCCCC. The minimum absolute atomic E-state index is 0.166. The van der Waals surface area contributed by atoms with E-state index in [1.54, 1.807) is 0 Å². The van der Waals surface area contributed by atoms with Crippen molar-refractivity contribution in [1.29, 1.82) is 0 Å². The Morgan fingerprint density at radius 2 is 0.847 bits per heavy atom. The molecule has 0 saturated carbocycles. The molecule has 0 saturated heterocycles. The Morgan fingerprint density at radius 3 is 1.24 bits per heavy atom. The molecule has 0 radical (unpaired) electrons. The highest BCUT2D eigenvalue weighted by Crippen LogP contribution is 2.43. The summed E-state index contributed by atoms with van der Waals surface area (Å²) in [5.74, 6) is -2.37. The number of unbranched alkanes of at least 4 members (excludes halogenated alkanes) is 30. The first-order valence-electron chi connectivity index (χ1n) is 24.2. The van der Waals surface area contributed by atoms with E-state index >= 15 is 0 Å². The largest absolute Gasteiger partial charge is 0.480 e. The first-order valence-corrected chi connectivity index (χ1v) is 25.7. The average Bonchev–Trinajstić information content (AvgIpc) is 3.21. The predicted molar refractivity (Wildman–Crippen MR) is 240 cm³/mol. The number of hydrogen-bond acceptors (Lipinski definition) is 9. The second-order valence-corrected chi connectivity index (χ2v) is 18.1. The van der Waals surface area contributed by atoms with Gasteiger partial charge in [0.15, 0.2) is 6.10 Å². The number of hydrogen-bond donors (Lipinski definition) is 3. The molecular formula is C47H90NO10P. The molecule has 0 aliphatic heterocycles. The molecule has 0 bridgehead atoms. The van der Waals surface area contributed by atoms with E-state index in [0.717, 1.165) is 57.8 Å². The summed E-state index contributed by atoms with van der Waals surface area (Å²) in [6, 6.07) is -1.52. The predicted octanol–water partition coefficient (Wildman–Crippen LogP) is 13.2. The lowest BCUT2D eigenvalue weighted by atomic mass is 10.0. The molecule has 59 heavy (non-hydrogen) atoms. The molecule has 0 aromatic carbocycles. The highest BCUT2D eigenvalue weighted by molar-refractivity contribution is 7.47. The van der Waals surface area contributed by atoms with E-state index in [1.165, 1.54) is 141 Å². The lowest BCUT2D eigenvalue weighted by Gasteiger charge is -2.20. The van der Waals surface area contributed by atoms with Crippen molar-refractivity contribution >= 4 is 25.7 Å². The van der Waals surface area contributed by atoms with Crippen LogP contribution in [-0.2, 0) is 37.5 Å². The third kappa shape index (κ3) is 42.7. The smallest absolute Gasteiger partial charge is 0.472 e. The average molecular weight is 860 g/mol. The molecule has 0 fully saturated rings. The summed E-state index contributed by atoms with van der Waals surface area (Å²) in [6.45, 7) is 2.83. The fourth-order valence-corrected chi connectivity index (χ4v) is 7.72. The number of carboxylic acids is 1. The quantitative estimate of drug-likeness (QED) is 0.0230. The summed E-state index contributed by atoms with van der Waals surface area (Å²) in [5, 5.41) is 8.90. The zero-order valence-corrected chi connectivity index (χ0v) is 38.8. The minimum atomic E-state index is -4.72. The Balaban J connectivity index is 4.26. The zero-order valence-electron chi connectivity index (χ0n) is 37.9. The van der Waals surface area contributed by atoms with Gasteiger partial charge in [-0.25, -0.2) is 4.57 Å². The number of phosphoric ester groups is 1. The fourth-order valence-electron chi connectivity index (χ4n) is 6.94. The van der Waals surface area contributed by atoms with Gasteiger partial charge in [-0.05, 0) is 38.5 Å². The summed E-state index contributed by atoms with van der Waals surface area (Å²) < 4.78 is 32.8. The van der Waals surface area contributed by atoms with Gasteiger partial charge in [0.05, 0.1) is 13.2 Å². The summed E-state index contributed by atoms with van der Waals surface area (Å²) in [5.41, 5.74) is 5.34. The van der Waals surface area contributed by atoms with Crippen molar-refractivity contribution in [1.82, 2.24) is 0 Å². The highest BCUT2D eigenvalue weighted by Gasteiger charge is 2.28. The first-order chi connectivity index (χ1) is 28.6. The van der Waals surface area contributed by atoms with Crippen LogP contribution in [0.2, 0.25) is 0 Å². The van der Waals surface area contributed by atoms with Crippen LogP contribution in [0.25, 0.3) is 0 Å². The van der Waals surface area contributed by atoms with Crippen LogP contribution in [0.4, 0.5) is 0 Å². The van der Waals surface area contributed by atoms with Gasteiger partial charge in [0.25, 0.3) is 0 Å². The Morgan fingerprint density at radius 1 is 0.508 bits per heavy atom. The molecule has 0 aliphatic carbocycles. The van der Waals surface area contributed by atoms with Crippen LogP contribution in [0.15, 0.2) is 12.2 Å². The molecule has 3 atom stereocenters. The minimum Gasteiger partial charge on any atom is -0.480 e. The number of carboxylic acid groups (broad SMARTS) is 1. The Hall–Kier alpha value is -1.78. The summed E-state index contributed by atoms with van der Waals surface area (Å²) in [4.78, 5) is 46.1. The van der Waals surface area contributed by atoms with Gasteiger partial charge < -0.3 is 25.2 Å². The summed E-state index contributed by atoms with van der Waals surface area (Å²) >= 11 is 0. The molecule has 348 valence electrons. The number of aliphatic carboxylic acids is 1. The molecule has 0 aromatic heterocycles. The van der Waals surface area contributed by atoms with Crippen molar-refractivity contribution in [2.24, 2.45) is 5.73 Å². The van der Waals surface area contributed by atoms with Crippen LogP contribution in [0.3, 0.4) is 0 Å². The Bertz CT molecular complexity index is 1060. The zero-order chi connectivity index (χ0) is 43.5. The number of rotatable bonds is 46. The molecule has 0 aromatic rings. The Kier molecular flexibility index (Phi) is 41.6. The highest BCUT2D eigenvalue weighted by atomic mass is 31.2. The molecule has 1 unspecified atom stereocenters. The standard InChI is InChI=1S/C47H90NO10P/c1-3-5-7-9-11-13-15-17-19-21-22-23-25-27-29-31-33-35-37-39-46(50)58-43(41-56-59(53,54)57-42-44(48)47(51)52)40-55-45(49)38-36-34-32-30-28-26-24-20-18-16-14-12-10-8-6-4-2/h20,24,43-44H,3-19,21-23,25-42,48H2,1-2H3,(H,51,52)(H,53,54)/b24-20-/t43-,44+/m1/s1. The van der Waals surface area contributed by atoms with E-state index in [1.807, 2.05) is 0 Å². The molecule has 0 spiro atoms. The second-order valence-electron chi connectivity index (χ2n) is 16.6. The number of nitrogens with two attached hydrogens (primary N) is 1. The fraction of sp³-hybridized carbons (Fsp3) is 0.894. The summed E-state index contributed by atoms with van der Waals surface area (Å²) in [6.07, 6.45) is 44.1. The van der Waals surface area contributed by atoms with Crippen LogP contribution in [0, 0.1) is 0 Å². The van der Waals surface area contributed by atoms with Crippen LogP contribution in [-0.4, -0.2) is 59.9 Å². The number of ether oxygens (including phenoxy) is 2. The molecule has 12 heteroatoms. The molecule has 4 N–H and O–H groups in total. The van der Waals surface area contributed by atoms with E-state index in [4.69, 9.17) is 24.8 Å². The Labute approximate surface area is 360 Å². The molecule has 11 nitrogen and oxygen atoms in total. The number of carbonyl (C=O) groups is 3. The van der Waals surface area contributed by atoms with E-state index in [2.05, 4.69) is 30.5 Å². The van der Waals surface area contributed by atoms with E-state index < -0.39 is 51.1 Å². The second kappa shape index (κ2) is 42.9. The van der Waals surface area contributed by atoms with Crippen LogP contribution < -0.4 is 5.73 Å². The molecule has 0 heterocycles. The third-order valence-corrected chi connectivity index (χ3v) is 11.7. The maximum absolute atomic E-state index is 12.7. The topological polar surface area (TPSA) is 172 Å². The third-order valence-electron chi connectivity index (χ3n) is 10.8. The number of allylic oxidation sites excluding steroid dienone is 2. The lowest BCUT2D eigenvalue weighted by molar-refractivity contribution is -0.161. The van der Waals surface area contributed by atoms with Crippen molar-refractivity contribution in [2.45, 2.75) is 251 Å². The van der Waals surface area contributed by atoms with Gasteiger partial charge in [-0.15, -0.1) is 0 Å². The van der Waals surface area contributed by atoms with Gasteiger partial charge in [-0.3, -0.25) is 23.4 Å². The van der Waals surface area contributed by atoms with Crippen molar-refractivity contribution in [3.05, 3.63) is 12.2 Å². The van der Waals surface area contributed by atoms with E-state index in [-0.39, 0.29) is 19.4 Å². The van der Waals surface area contributed by atoms with Crippen LogP contribution >= 0.6 is 7.82 Å². The van der Waals surface area contributed by atoms with Crippen molar-refractivity contribution in [3.63, 3.8) is 0 Å².